The second kappa shape index (κ2) is 7.51. The summed E-state index contributed by atoms with van der Waals surface area (Å²) >= 11 is 0. The van der Waals surface area contributed by atoms with Gasteiger partial charge in [-0.15, -0.1) is 0 Å². The Morgan fingerprint density at radius 1 is 1.00 bits per heavy atom. The summed E-state index contributed by atoms with van der Waals surface area (Å²) in [6.45, 7) is 0.0604. The molecule has 2 rings (SSSR count). The maximum Gasteiger partial charge on any atom is 0.405 e. The highest BCUT2D eigenvalue weighted by Crippen LogP contribution is 2.20. The fraction of sp³-hybridized carbons (Fsp3) is 0.176. The predicted octanol–water partition coefficient (Wildman–Crippen LogP) is 3.82. The third-order valence-electron chi connectivity index (χ3n) is 3.37. The molecule has 4 nitrogen and oxygen atoms in total. The van der Waals surface area contributed by atoms with Crippen molar-refractivity contribution >= 4 is 17.5 Å². The molecule has 0 aromatic heterocycles. The van der Waals surface area contributed by atoms with Crippen molar-refractivity contribution in [2.75, 3.05) is 11.9 Å². The summed E-state index contributed by atoms with van der Waals surface area (Å²) in [7, 11) is 0. The van der Waals surface area contributed by atoms with E-state index in [1.54, 1.807) is 12.2 Å². The van der Waals surface area contributed by atoms with Crippen LogP contribution in [0.3, 0.4) is 0 Å². The Morgan fingerprint density at radius 3 is 2.35 bits per heavy atom. The maximum absolute atomic E-state index is 13.6. The minimum absolute atomic E-state index is 0.0818. The van der Waals surface area contributed by atoms with Gasteiger partial charge in [0.2, 0.25) is 0 Å². The van der Waals surface area contributed by atoms with Gasteiger partial charge in [0, 0.05) is 11.3 Å². The average Bonchev–Trinajstić information content (AvgIpc) is 2.56. The number of rotatable bonds is 4. The van der Waals surface area contributed by atoms with Gasteiger partial charge in [0.05, 0.1) is 5.56 Å². The number of anilines is 1. The third kappa shape index (κ3) is 5.01. The summed E-state index contributed by atoms with van der Waals surface area (Å²) in [5.74, 6) is -3.71. The van der Waals surface area contributed by atoms with Gasteiger partial charge >= 0.3 is 6.18 Å². The van der Waals surface area contributed by atoms with Gasteiger partial charge < -0.3 is 10.6 Å². The first-order chi connectivity index (χ1) is 12.1. The second-order valence-corrected chi connectivity index (χ2v) is 5.41. The molecule has 0 aliphatic carbocycles. The monoisotopic (exact) mass is 372 g/mol. The fourth-order valence-corrected chi connectivity index (χ4v) is 2.04. The number of nitrogens with one attached hydrogen (secondary N) is 2. The van der Waals surface area contributed by atoms with Crippen LogP contribution in [0.5, 0.6) is 0 Å². The van der Waals surface area contributed by atoms with Gasteiger partial charge in [-0.05, 0) is 42.8 Å². The van der Waals surface area contributed by atoms with E-state index in [0.29, 0.717) is 11.6 Å². The van der Waals surface area contributed by atoms with E-state index in [9.17, 15) is 31.5 Å². The van der Waals surface area contributed by atoms with Crippen LogP contribution in [-0.4, -0.2) is 24.5 Å². The van der Waals surface area contributed by atoms with Crippen molar-refractivity contribution in [2.45, 2.75) is 13.1 Å². The number of hydrogen-bond donors (Lipinski definition) is 2. The van der Waals surface area contributed by atoms with E-state index in [1.807, 2.05) is 0 Å². The first-order valence-electron chi connectivity index (χ1n) is 7.29. The van der Waals surface area contributed by atoms with Crippen LogP contribution in [0.15, 0.2) is 36.4 Å². The minimum atomic E-state index is -4.56. The first kappa shape index (κ1) is 19.4. The number of alkyl halides is 3. The minimum Gasteiger partial charge on any atom is -0.343 e. The molecule has 2 amide bonds. The molecule has 138 valence electrons. The number of carbonyl (C=O) groups excluding carboxylic acids is 2. The van der Waals surface area contributed by atoms with Gasteiger partial charge in [0.25, 0.3) is 11.8 Å². The SMILES string of the molecule is Cc1ccc(C(=O)NCC(F)(F)F)cc1NC(=O)c1cc(F)ccc1F. The molecule has 0 saturated carbocycles. The van der Waals surface area contributed by atoms with E-state index >= 15 is 0 Å². The molecule has 2 aromatic rings. The van der Waals surface area contributed by atoms with Gasteiger partial charge in [-0.25, -0.2) is 8.78 Å². The summed E-state index contributed by atoms with van der Waals surface area (Å²) in [6, 6.07) is 6.18. The van der Waals surface area contributed by atoms with Crippen molar-refractivity contribution < 1.29 is 31.5 Å². The average molecular weight is 372 g/mol. The summed E-state index contributed by atoms with van der Waals surface area (Å²) in [6.07, 6.45) is -4.56. The number of hydrogen-bond acceptors (Lipinski definition) is 2. The van der Waals surface area contributed by atoms with Crippen LogP contribution >= 0.6 is 0 Å². The lowest BCUT2D eigenvalue weighted by atomic mass is 10.1. The smallest absolute Gasteiger partial charge is 0.343 e. The van der Waals surface area contributed by atoms with Crippen molar-refractivity contribution in [3.05, 3.63) is 64.7 Å². The lowest BCUT2D eigenvalue weighted by Crippen LogP contribution is -2.33. The van der Waals surface area contributed by atoms with Crippen molar-refractivity contribution in [3.8, 4) is 0 Å². The Kier molecular flexibility index (Phi) is 5.59. The van der Waals surface area contributed by atoms with Crippen molar-refractivity contribution in [2.24, 2.45) is 0 Å². The van der Waals surface area contributed by atoms with Crippen LogP contribution < -0.4 is 10.6 Å². The molecular formula is C17H13F5N2O2. The highest BCUT2D eigenvalue weighted by molar-refractivity contribution is 6.05. The molecule has 0 saturated heterocycles. The predicted molar refractivity (Wildman–Crippen MR) is 83.9 cm³/mol. The molecular weight excluding hydrogens is 359 g/mol. The van der Waals surface area contributed by atoms with Crippen LogP contribution in [0, 0.1) is 18.6 Å². The Labute approximate surface area is 145 Å². The molecule has 0 spiro atoms. The van der Waals surface area contributed by atoms with E-state index in [4.69, 9.17) is 0 Å². The van der Waals surface area contributed by atoms with Gasteiger partial charge in [0.1, 0.15) is 18.2 Å². The fourth-order valence-electron chi connectivity index (χ4n) is 2.04. The molecule has 0 bridgehead atoms. The van der Waals surface area contributed by atoms with Crippen molar-refractivity contribution in [1.29, 1.82) is 0 Å². The molecule has 9 heteroatoms. The van der Waals surface area contributed by atoms with E-state index in [1.165, 1.54) is 12.1 Å². The van der Waals surface area contributed by atoms with E-state index in [2.05, 4.69) is 5.32 Å². The quantitative estimate of drug-likeness (QED) is 0.802. The van der Waals surface area contributed by atoms with Gasteiger partial charge in [-0.1, -0.05) is 6.07 Å². The molecule has 0 atom stereocenters. The molecule has 0 unspecified atom stereocenters. The second-order valence-electron chi connectivity index (χ2n) is 5.41. The van der Waals surface area contributed by atoms with E-state index in [0.717, 1.165) is 18.2 Å². The number of benzene rings is 2. The standard InChI is InChI=1S/C17H13F5N2O2/c1-9-2-3-10(15(25)23-8-17(20,21)22)6-14(9)24-16(26)12-7-11(18)4-5-13(12)19/h2-7H,8H2,1H3,(H,23,25)(H,24,26). The van der Waals surface area contributed by atoms with Crippen LogP contribution in [0.4, 0.5) is 27.6 Å². The van der Waals surface area contributed by atoms with Crippen LogP contribution in [0.1, 0.15) is 26.3 Å². The molecule has 0 fully saturated rings. The maximum atomic E-state index is 13.6. The highest BCUT2D eigenvalue weighted by Gasteiger charge is 2.28. The zero-order valence-electron chi connectivity index (χ0n) is 13.4. The first-order valence-corrected chi connectivity index (χ1v) is 7.29. The van der Waals surface area contributed by atoms with Crippen LogP contribution in [-0.2, 0) is 0 Å². The molecule has 0 aliphatic heterocycles. The molecule has 2 aromatic carbocycles. The zero-order valence-corrected chi connectivity index (χ0v) is 13.4. The van der Waals surface area contributed by atoms with Gasteiger partial charge in [-0.2, -0.15) is 13.2 Å². The summed E-state index contributed by atoms with van der Waals surface area (Å²) in [4.78, 5) is 23.9. The molecule has 26 heavy (non-hydrogen) atoms. The summed E-state index contributed by atoms with van der Waals surface area (Å²) < 4.78 is 63.3. The number of carbonyl (C=O) groups is 2. The molecule has 2 N–H and O–H groups in total. The Bertz CT molecular complexity index is 850. The van der Waals surface area contributed by atoms with Gasteiger partial charge in [-0.3, -0.25) is 9.59 Å². The van der Waals surface area contributed by atoms with E-state index in [-0.39, 0.29) is 11.3 Å². The Hall–Kier alpha value is -2.97. The van der Waals surface area contributed by atoms with Crippen LogP contribution in [0.2, 0.25) is 0 Å². The Balaban J connectivity index is 2.20. The summed E-state index contributed by atoms with van der Waals surface area (Å²) in [5, 5.41) is 4.02. The largest absolute Gasteiger partial charge is 0.405 e. The number of halogens is 5. The normalized spacial score (nSPS) is 11.2. The molecule has 0 aliphatic rings. The number of aryl methyl sites for hydroxylation is 1. The molecule has 0 radical (unpaired) electrons. The lowest BCUT2D eigenvalue weighted by molar-refractivity contribution is -0.123. The van der Waals surface area contributed by atoms with Crippen molar-refractivity contribution in [3.63, 3.8) is 0 Å². The van der Waals surface area contributed by atoms with Crippen LogP contribution in [0.25, 0.3) is 0 Å². The third-order valence-corrected chi connectivity index (χ3v) is 3.37. The molecule has 0 heterocycles. The van der Waals surface area contributed by atoms with Crippen molar-refractivity contribution in [1.82, 2.24) is 5.32 Å². The topological polar surface area (TPSA) is 58.2 Å². The zero-order chi connectivity index (χ0) is 19.5. The summed E-state index contributed by atoms with van der Waals surface area (Å²) in [5.41, 5.74) is -0.118. The number of amides is 2. The lowest BCUT2D eigenvalue weighted by Gasteiger charge is -2.12. The van der Waals surface area contributed by atoms with E-state index < -0.39 is 41.7 Å². The van der Waals surface area contributed by atoms with Gasteiger partial charge in [0.15, 0.2) is 0 Å². The highest BCUT2D eigenvalue weighted by atomic mass is 19.4. The Morgan fingerprint density at radius 2 is 1.69 bits per heavy atom.